The number of para-hydroxylation sites is 2. The lowest BCUT2D eigenvalue weighted by atomic mass is 9.87. The number of fused-ring (bicyclic) bond motifs is 1. The molecule has 0 atom stereocenters. The number of halogens is 1. The summed E-state index contributed by atoms with van der Waals surface area (Å²) in [5, 5.41) is 0. The Morgan fingerprint density at radius 3 is 1.54 bits per heavy atom. The minimum absolute atomic E-state index is 1.18. The molecule has 7 heteroatoms. The predicted octanol–water partition coefficient (Wildman–Crippen LogP) is 3.22. The van der Waals surface area contributed by atoms with Gasteiger partial charge in [0, 0.05) is 0 Å². The van der Waals surface area contributed by atoms with E-state index in [-0.39, 0.29) is 0 Å². The Hall–Kier alpha value is -4.30. The molecule has 41 heavy (non-hydrogen) atoms. The molecule has 0 spiro atoms. The maximum Gasteiger partial charge on any atom is 0.290 e. The van der Waals surface area contributed by atoms with E-state index in [1.807, 2.05) is 0 Å². The van der Waals surface area contributed by atoms with Crippen LogP contribution < -0.4 is 23.2 Å². The zero-order valence-electron chi connectivity index (χ0n) is 23.0. The lowest BCUT2D eigenvalue weighted by Crippen LogP contribution is -2.68. The van der Waals surface area contributed by atoms with Gasteiger partial charge in [-0.15, -0.1) is 10.2 Å². The first-order valence-corrected chi connectivity index (χ1v) is 14.3. The maximum atomic E-state index is 8.49. The summed E-state index contributed by atoms with van der Waals surface area (Å²) in [4.78, 5) is 0. The van der Waals surface area contributed by atoms with Crippen LogP contribution in [0.25, 0.3) is 55.8 Å². The number of aromatic nitrogens is 2. The van der Waals surface area contributed by atoms with Gasteiger partial charge < -0.3 is 0 Å². The van der Waals surface area contributed by atoms with Crippen molar-refractivity contribution in [3.63, 3.8) is 0 Å². The fourth-order valence-corrected chi connectivity index (χ4v) is 5.31. The lowest BCUT2D eigenvalue weighted by molar-refractivity contribution is -2.00. The Kier molecular flexibility index (Phi) is 8.03. The summed E-state index contributed by atoms with van der Waals surface area (Å²) in [6.45, 7) is 2.14. The van der Waals surface area contributed by atoms with Crippen LogP contribution >= 0.6 is 0 Å². The van der Waals surface area contributed by atoms with Gasteiger partial charge in [0.1, 0.15) is 0 Å². The number of aryl methyl sites for hydroxylation is 3. The zero-order chi connectivity index (χ0) is 29.1. The fourth-order valence-electron chi connectivity index (χ4n) is 5.31. The Bertz CT molecular complexity index is 1690. The van der Waals surface area contributed by atoms with Crippen LogP contribution in [0.3, 0.4) is 0 Å². The van der Waals surface area contributed by atoms with Crippen LogP contribution in [0.2, 0.25) is 0 Å². The highest BCUT2D eigenvalue weighted by Crippen LogP contribution is 2.43. The van der Waals surface area contributed by atoms with Gasteiger partial charge in [-0.25, -0.2) is 27.8 Å². The molecule has 206 valence electrons. The minimum Gasteiger partial charge on any atom is -0.226 e. The Balaban J connectivity index is 0.000000623. The van der Waals surface area contributed by atoms with Crippen LogP contribution in [0.5, 0.6) is 0 Å². The van der Waals surface area contributed by atoms with E-state index in [9.17, 15) is 0 Å². The number of hydrogen-bond donors (Lipinski definition) is 0. The number of benzene rings is 5. The molecule has 1 heterocycles. The van der Waals surface area contributed by atoms with Gasteiger partial charge in [0.15, 0.2) is 11.0 Å². The second kappa shape index (κ2) is 11.7. The molecule has 1 aromatic heterocycles. The summed E-state index contributed by atoms with van der Waals surface area (Å²) in [6, 6.07) is 43.7. The van der Waals surface area contributed by atoms with Crippen LogP contribution in [0.15, 0.2) is 121 Å². The molecule has 0 saturated heterocycles. The molecule has 0 saturated carbocycles. The Morgan fingerprint density at radius 1 is 0.585 bits per heavy atom. The van der Waals surface area contributed by atoms with Crippen molar-refractivity contribution in [1.29, 1.82) is 0 Å². The number of imidazole rings is 1. The normalized spacial score (nSPS) is 11.3. The first-order chi connectivity index (χ1) is 19.6. The second-order valence-corrected chi connectivity index (χ2v) is 10.6. The molecule has 0 aliphatic carbocycles. The van der Waals surface area contributed by atoms with Crippen LogP contribution in [-0.4, -0.2) is 4.57 Å². The molecule has 0 aliphatic heterocycles. The van der Waals surface area contributed by atoms with E-state index >= 15 is 0 Å². The highest BCUT2D eigenvalue weighted by Gasteiger charge is 2.28. The summed E-state index contributed by atoms with van der Waals surface area (Å²) in [7, 11) is -0.593. The van der Waals surface area contributed by atoms with E-state index in [2.05, 4.69) is 151 Å². The summed E-state index contributed by atoms with van der Waals surface area (Å²) in [6.07, 6.45) is 0. The van der Waals surface area contributed by atoms with Crippen molar-refractivity contribution >= 4 is 11.0 Å². The standard InChI is InChI=1S/C34H29N2.ClHO4/c1-24-18-20-25(21-19-24)28-22-29(26-12-6-4-7-13-26)33(30(23-28)27-14-8-5-9-15-27)34-35(2)31-16-10-11-17-32(31)36(34)3;2-1(3,4)5/h4-23H,1-3H3;(H,2,3,4,5)/q+1;/p-1. The summed E-state index contributed by atoms with van der Waals surface area (Å²) < 4.78 is 38.6. The maximum absolute atomic E-state index is 8.49. The molecule has 6 aromatic rings. The van der Waals surface area contributed by atoms with Crippen molar-refractivity contribution in [3.8, 4) is 44.8 Å². The SMILES string of the molecule is Cc1ccc(-c2cc(-c3ccccc3)c(-c3n(C)c4ccccc4[n+]3C)c(-c3ccccc3)c2)cc1.[O-][Cl+3]([O-])([O-])[O-]. The molecular weight excluding hydrogens is 536 g/mol. The average molecular weight is 565 g/mol. The molecule has 0 N–H and O–H groups in total. The third-order valence-electron chi connectivity index (χ3n) is 7.16. The van der Waals surface area contributed by atoms with E-state index in [0.29, 0.717) is 0 Å². The third-order valence-corrected chi connectivity index (χ3v) is 7.16. The largest absolute Gasteiger partial charge is 0.290 e. The average Bonchev–Trinajstić information content (AvgIpc) is 3.22. The molecule has 5 aromatic carbocycles. The number of hydrogen-bond acceptors (Lipinski definition) is 4. The zero-order valence-corrected chi connectivity index (χ0v) is 23.7. The molecule has 0 unspecified atom stereocenters. The van der Waals surface area contributed by atoms with Crippen molar-refractivity contribution in [2.45, 2.75) is 6.92 Å². The van der Waals surface area contributed by atoms with E-state index in [1.165, 1.54) is 61.4 Å². The number of nitrogens with zero attached hydrogens (tertiary/aromatic N) is 2. The predicted molar refractivity (Wildman–Crippen MR) is 151 cm³/mol. The van der Waals surface area contributed by atoms with Gasteiger partial charge in [-0.2, -0.15) is 0 Å². The van der Waals surface area contributed by atoms with Gasteiger partial charge in [0.05, 0.1) is 19.7 Å². The monoisotopic (exact) mass is 564 g/mol. The highest BCUT2D eigenvalue weighted by molar-refractivity contribution is 5.96. The van der Waals surface area contributed by atoms with Crippen molar-refractivity contribution in [2.24, 2.45) is 14.1 Å². The molecule has 0 aliphatic rings. The van der Waals surface area contributed by atoms with Gasteiger partial charge in [0.2, 0.25) is 0 Å². The summed E-state index contributed by atoms with van der Waals surface area (Å²) in [5.74, 6) is 1.18. The summed E-state index contributed by atoms with van der Waals surface area (Å²) in [5.41, 5.74) is 12.3. The molecular formula is C34H29ClN2O4. The smallest absolute Gasteiger partial charge is 0.226 e. The van der Waals surface area contributed by atoms with Crippen molar-refractivity contribution in [1.82, 2.24) is 4.57 Å². The van der Waals surface area contributed by atoms with Gasteiger partial charge in [-0.1, -0.05) is 103 Å². The van der Waals surface area contributed by atoms with Gasteiger partial charge in [0.25, 0.3) is 5.82 Å². The van der Waals surface area contributed by atoms with Crippen LogP contribution in [-0.2, 0) is 14.1 Å². The molecule has 6 rings (SSSR count). The highest BCUT2D eigenvalue weighted by atomic mass is 35.7. The van der Waals surface area contributed by atoms with E-state index < -0.39 is 10.2 Å². The van der Waals surface area contributed by atoms with Crippen molar-refractivity contribution < 1.29 is 33.4 Å². The quantitative estimate of drug-likeness (QED) is 0.307. The molecule has 0 radical (unpaired) electrons. The minimum atomic E-state index is -4.94. The summed E-state index contributed by atoms with van der Waals surface area (Å²) >= 11 is 0. The topological polar surface area (TPSA) is 101 Å². The first kappa shape index (κ1) is 28.2. The van der Waals surface area contributed by atoms with Crippen LogP contribution in [0.1, 0.15) is 5.56 Å². The Labute approximate surface area is 241 Å². The molecule has 0 bridgehead atoms. The van der Waals surface area contributed by atoms with Crippen LogP contribution in [0, 0.1) is 17.2 Å². The van der Waals surface area contributed by atoms with E-state index in [4.69, 9.17) is 18.6 Å². The number of rotatable bonds is 4. The van der Waals surface area contributed by atoms with Gasteiger partial charge >= 0.3 is 0 Å². The molecule has 0 amide bonds. The van der Waals surface area contributed by atoms with Gasteiger partial charge in [-0.3, -0.25) is 0 Å². The van der Waals surface area contributed by atoms with Crippen molar-refractivity contribution in [2.75, 3.05) is 0 Å². The molecule has 6 nitrogen and oxygen atoms in total. The first-order valence-electron chi connectivity index (χ1n) is 13.0. The van der Waals surface area contributed by atoms with Crippen molar-refractivity contribution in [3.05, 3.63) is 127 Å². The lowest BCUT2D eigenvalue weighted by Gasteiger charge is -2.17. The Morgan fingerprint density at radius 2 is 1.05 bits per heavy atom. The molecule has 0 fully saturated rings. The van der Waals surface area contributed by atoms with E-state index in [0.717, 1.165) is 0 Å². The fraction of sp³-hybridized carbons (Fsp3) is 0.0882. The third kappa shape index (κ3) is 6.23. The van der Waals surface area contributed by atoms with E-state index in [1.54, 1.807) is 0 Å². The van der Waals surface area contributed by atoms with Gasteiger partial charge in [-0.05, 0) is 64.6 Å². The second-order valence-electron chi connectivity index (χ2n) is 9.85. The van der Waals surface area contributed by atoms with Crippen LogP contribution in [0.4, 0.5) is 0 Å².